The van der Waals surface area contributed by atoms with Crippen LogP contribution in [0.25, 0.3) is 11.1 Å². The maximum absolute atomic E-state index is 12.3. The van der Waals surface area contributed by atoms with E-state index < -0.39 is 0 Å². The summed E-state index contributed by atoms with van der Waals surface area (Å²) in [6.07, 6.45) is 19.2. The molecular formula is C35H51FO. The van der Waals surface area contributed by atoms with E-state index in [4.69, 9.17) is 4.74 Å². The normalized spacial score (nSPS) is 25.2. The minimum Gasteiger partial charge on any atom is -0.381 e. The molecule has 0 heterocycles. The SMILES string of the molecule is CCC(OC)C1CCC(CCc2ccc(-c3ccc(C4CCC(CCCCCF)CC4)cc3)cc2)CC1. The van der Waals surface area contributed by atoms with Crippen molar-refractivity contribution in [3.05, 3.63) is 59.7 Å². The molecular weight excluding hydrogens is 455 g/mol. The Morgan fingerprint density at radius 1 is 0.730 bits per heavy atom. The number of alkyl halides is 1. The molecule has 2 aromatic carbocycles. The molecule has 2 heteroatoms. The number of methoxy groups -OCH3 is 1. The minimum atomic E-state index is -0.150. The lowest BCUT2D eigenvalue weighted by atomic mass is 9.77. The predicted octanol–water partition coefficient (Wildman–Crippen LogP) is 10.3. The van der Waals surface area contributed by atoms with Crippen LogP contribution in [0.4, 0.5) is 4.39 Å². The molecule has 37 heavy (non-hydrogen) atoms. The van der Waals surface area contributed by atoms with Crippen LogP contribution >= 0.6 is 0 Å². The zero-order chi connectivity index (χ0) is 25.9. The fourth-order valence-corrected chi connectivity index (χ4v) is 7.21. The molecule has 2 aliphatic rings. The number of hydrogen-bond donors (Lipinski definition) is 0. The van der Waals surface area contributed by atoms with Gasteiger partial charge in [-0.1, -0.05) is 87.6 Å². The Morgan fingerprint density at radius 2 is 1.32 bits per heavy atom. The number of benzene rings is 2. The molecule has 2 aliphatic carbocycles. The Balaban J connectivity index is 1.20. The highest BCUT2D eigenvalue weighted by Crippen LogP contribution is 2.38. The Kier molecular flexibility index (Phi) is 11.5. The number of halogens is 1. The van der Waals surface area contributed by atoms with Crippen molar-refractivity contribution in [2.75, 3.05) is 13.8 Å². The van der Waals surface area contributed by atoms with Gasteiger partial charge < -0.3 is 4.74 Å². The molecule has 2 fully saturated rings. The highest BCUT2D eigenvalue weighted by atomic mass is 19.1. The standard InChI is InChI=1S/C35H51FO/c1-3-35(37-2)34-20-14-29(15-21-34)9-8-28-12-18-31(19-13-28)33-24-22-32(23-25-33)30-16-10-27(11-17-30)7-5-4-6-26-36/h12-13,18-19,22-25,27,29-30,34-35H,3-11,14-17,20-21,26H2,1-2H3. The second-order valence-electron chi connectivity index (χ2n) is 12.1. The number of aryl methyl sites for hydroxylation is 1. The summed E-state index contributed by atoms with van der Waals surface area (Å²) in [5, 5.41) is 0. The molecule has 2 aromatic rings. The molecule has 0 amide bonds. The third kappa shape index (κ3) is 8.41. The molecule has 0 aliphatic heterocycles. The molecule has 0 N–H and O–H groups in total. The molecule has 204 valence electrons. The van der Waals surface area contributed by atoms with Crippen molar-refractivity contribution in [2.45, 2.75) is 115 Å². The largest absolute Gasteiger partial charge is 0.381 e. The molecule has 0 spiro atoms. The van der Waals surface area contributed by atoms with E-state index in [-0.39, 0.29) is 6.67 Å². The molecule has 2 saturated carbocycles. The van der Waals surface area contributed by atoms with Crippen LogP contribution in [0.1, 0.15) is 114 Å². The van der Waals surface area contributed by atoms with E-state index >= 15 is 0 Å². The van der Waals surface area contributed by atoms with Gasteiger partial charge >= 0.3 is 0 Å². The predicted molar refractivity (Wildman–Crippen MR) is 156 cm³/mol. The lowest BCUT2D eigenvalue weighted by Crippen LogP contribution is -2.27. The van der Waals surface area contributed by atoms with Gasteiger partial charge in [-0.15, -0.1) is 0 Å². The van der Waals surface area contributed by atoms with Crippen molar-refractivity contribution < 1.29 is 9.13 Å². The van der Waals surface area contributed by atoms with Crippen molar-refractivity contribution in [1.82, 2.24) is 0 Å². The van der Waals surface area contributed by atoms with E-state index in [1.807, 2.05) is 7.11 Å². The van der Waals surface area contributed by atoms with Crippen LogP contribution in [0.5, 0.6) is 0 Å². The van der Waals surface area contributed by atoms with Crippen molar-refractivity contribution in [3.8, 4) is 11.1 Å². The fraction of sp³-hybridized carbons (Fsp3) is 0.657. The van der Waals surface area contributed by atoms with Gasteiger partial charge in [0, 0.05) is 7.11 Å². The van der Waals surface area contributed by atoms with Crippen molar-refractivity contribution in [1.29, 1.82) is 0 Å². The highest BCUT2D eigenvalue weighted by molar-refractivity contribution is 5.64. The molecule has 1 unspecified atom stereocenters. The molecule has 0 bridgehead atoms. The molecule has 4 rings (SSSR count). The maximum Gasteiger partial charge on any atom is 0.0894 e. The molecule has 0 radical (unpaired) electrons. The average Bonchev–Trinajstić information content (AvgIpc) is 2.96. The van der Waals surface area contributed by atoms with Gasteiger partial charge in [-0.25, -0.2) is 0 Å². The second-order valence-corrected chi connectivity index (χ2v) is 12.1. The Morgan fingerprint density at radius 3 is 1.92 bits per heavy atom. The monoisotopic (exact) mass is 506 g/mol. The van der Waals surface area contributed by atoms with Crippen LogP contribution in [0.3, 0.4) is 0 Å². The molecule has 0 saturated heterocycles. The first-order valence-electron chi connectivity index (χ1n) is 15.5. The number of rotatable bonds is 13. The number of hydrogen-bond acceptors (Lipinski definition) is 1. The first kappa shape index (κ1) is 28.3. The maximum atomic E-state index is 12.3. The van der Waals surface area contributed by atoms with Gasteiger partial charge in [-0.3, -0.25) is 4.39 Å². The number of ether oxygens (including phenoxy) is 1. The number of unbranched alkanes of at least 4 members (excludes halogenated alkanes) is 2. The smallest absolute Gasteiger partial charge is 0.0894 e. The minimum absolute atomic E-state index is 0.150. The van der Waals surface area contributed by atoms with Gasteiger partial charge in [0.2, 0.25) is 0 Å². The summed E-state index contributed by atoms with van der Waals surface area (Å²) in [5.41, 5.74) is 5.66. The van der Waals surface area contributed by atoms with E-state index in [0.717, 1.165) is 42.9 Å². The molecule has 1 atom stereocenters. The molecule has 1 nitrogen and oxygen atoms in total. The summed E-state index contributed by atoms with van der Waals surface area (Å²) in [6.45, 7) is 2.11. The first-order valence-corrected chi connectivity index (χ1v) is 15.5. The zero-order valence-electron chi connectivity index (χ0n) is 23.6. The summed E-state index contributed by atoms with van der Waals surface area (Å²) in [6, 6.07) is 18.7. The van der Waals surface area contributed by atoms with Crippen molar-refractivity contribution in [3.63, 3.8) is 0 Å². The van der Waals surface area contributed by atoms with Crippen LogP contribution < -0.4 is 0 Å². The lowest BCUT2D eigenvalue weighted by Gasteiger charge is -2.32. The van der Waals surface area contributed by atoms with Crippen molar-refractivity contribution >= 4 is 0 Å². The highest BCUT2D eigenvalue weighted by Gasteiger charge is 2.26. The summed E-state index contributed by atoms with van der Waals surface area (Å²) >= 11 is 0. The van der Waals surface area contributed by atoms with E-state index in [2.05, 4.69) is 55.5 Å². The Bertz CT molecular complexity index is 868. The fourth-order valence-electron chi connectivity index (χ4n) is 7.21. The summed E-state index contributed by atoms with van der Waals surface area (Å²) in [5.74, 6) is 3.24. The van der Waals surface area contributed by atoms with Crippen LogP contribution in [-0.4, -0.2) is 19.9 Å². The Hall–Kier alpha value is -1.67. The van der Waals surface area contributed by atoms with E-state index in [1.54, 1.807) is 0 Å². The summed E-state index contributed by atoms with van der Waals surface area (Å²) in [4.78, 5) is 0. The van der Waals surface area contributed by atoms with Crippen LogP contribution in [-0.2, 0) is 11.2 Å². The van der Waals surface area contributed by atoms with E-state index in [1.165, 1.54) is 99.3 Å². The quantitative estimate of drug-likeness (QED) is 0.245. The van der Waals surface area contributed by atoms with Crippen LogP contribution in [0.2, 0.25) is 0 Å². The van der Waals surface area contributed by atoms with Gasteiger partial charge in [-0.2, -0.15) is 0 Å². The lowest BCUT2D eigenvalue weighted by molar-refractivity contribution is 0.0266. The van der Waals surface area contributed by atoms with Gasteiger partial charge in [-0.05, 0) is 110 Å². The van der Waals surface area contributed by atoms with Gasteiger partial charge in [0.1, 0.15) is 0 Å². The third-order valence-electron chi connectivity index (χ3n) is 9.73. The second kappa shape index (κ2) is 15.1. The van der Waals surface area contributed by atoms with E-state index in [9.17, 15) is 4.39 Å². The third-order valence-corrected chi connectivity index (χ3v) is 9.73. The Labute approximate surface area is 226 Å². The van der Waals surface area contributed by atoms with Gasteiger partial charge in [0.15, 0.2) is 0 Å². The topological polar surface area (TPSA) is 9.23 Å². The molecule has 0 aromatic heterocycles. The van der Waals surface area contributed by atoms with Crippen LogP contribution in [0, 0.1) is 17.8 Å². The van der Waals surface area contributed by atoms with Gasteiger partial charge in [0.25, 0.3) is 0 Å². The van der Waals surface area contributed by atoms with E-state index in [0.29, 0.717) is 6.10 Å². The zero-order valence-corrected chi connectivity index (χ0v) is 23.6. The summed E-state index contributed by atoms with van der Waals surface area (Å²) in [7, 11) is 1.88. The van der Waals surface area contributed by atoms with Crippen LogP contribution in [0.15, 0.2) is 48.5 Å². The van der Waals surface area contributed by atoms with Gasteiger partial charge in [0.05, 0.1) is 12.8 Å². The first-order chi connectivity index (χ1) is 18.2. The summed E-state index contributed by atoms with van der Waals surface area (Å²) < 4.78 is 18.0. The van der Waals surface area contributed by atoms with Crippen molar-refractivity contribution in [2.24, 2.45) is 17.8 Å². The average molecular weight is 507 g/mol.